The van der Waals surface area contributed by atoms with Crippen LogP contribution in [0.15, 0.2) is 11.8 Å². The highest BCUT2D eigenvalue weighted by molar-refractivity contribution is 4.99. The van der Waals surface area contributed by atoms with E-state index >= 15 is 0 Å². The average Bonchev–Trinajstić information content (AvgIpc) is 2.37. The van der Waals surface area contributed by atoms with E-state index in [4.69, 9.17) is 10.6 Å². The van der Waals surface area contributed by atoms with E-state index in [1.165, 1.54) is 12.0 Å². The number of hydrogen-bond acceptors (Lipinski definition) is 4. The van der Waals surface area contributed by atoms with E-state index in [2.05, 4.69) is 24.9 Å². The lowest BCUT2D eigenvalue weighted by Gasteiger charge is -2.28. The zero-order valence-electron chi connectivity index (χ0n) is 11.3. The smallest absolute Gasteiger partial charge is 0.0594 e. The van der Waals surface area contributed by atoms with Gasteiger partial charge in [0.15, 0.2) is 0 Å². The molecule has 0 aromatic rings. The van der Waals surface area contributed by atoms with Crippen LogP contribution >= 0.6 is 0 Å². The van der Waals surface area contributed by atoms with Crippen LogP contribution in [0, 0.1) is 0 Å². The summed E-state index contributed by atoms with van der Waals surface area (Å²) in [6.07, 6.45) is 5.56. The van der Waals surface area contributed by atoms with Crippen molar-refractivity contribution in [2.75, 3.05) is 39.4 Å². The third-order valence-electron chi connectivity index (χ3n) is 3.15. The van der Waals surface area contributed by atoms with Crippen LogP contribution in [-0.4, -0.2) is 49.3 Å². The zero-order valence-corrected chi connectivity index (χ0v) is 11.3. The van der Waals surface area contributed by atoms with Gasteiger partial charge in [0.1, 0.15) is 0 Å². The number of hydrogen-bond donors (Lipinski definition) is 1. The Balaban J connectivity index is 2.24. The van der Waals surface area contributed by atoms with Gasteiger partial charge in [-0.2, -0.15) is 0 Å². The molecule has 2 N–H and O–H groups in total. The topological polar surface area (TPSA) is 41.7 Å². The van der Waals surface area contributed by atoms with E-state index in [0.717, 1.165) is 52.2 Å². The van der Waals surface area contributed by atoms with E-state index in [1.54, 1.807) is 0 Å². The first-order chi connectivity index (χ1) is 8.26. The standard InChI is InChI=1S/C13H27N3O/c1-3-5-13(4-2)12-16(14)7-6-15-8-10-17-11-9-15/h12H,3-11,14H2,1-2H3/b13-12-. The first kappa shape index (κ1) is 14.5. The molecular weight excluding hydrogens is 214 g/mol. The molecule has 0 radical (unpaired) electrons. The van der Waals surface area contributed by atoms with Crippen molar-refractivity contribution in [3.05, 3.63) is 11.8 Å². The fraction of sp³-hybridized carbons (Fsp3) is 0.846. The lowest BCUT2D eigenvalue weighted by molar-refractivity contribution is 0.0352. The van der Waals surface area contributed by atoms with Crippen molar-refractivity contribution in [1.82, 2.24) is 9.91 Å². The summed E-state index contributed by atoms with van der Waals surface area (Å²) in [6, 6.07) is 0. The summed E-state index contributed by atoms with van der Waals surface area (Å²) >= 11 is 0. The van der Waals surface area contributed by atoms with Gasteiger partial charge in [0, 0.05) is 32.4 Å². The van der Waals surface area contributed by atoms with Gasteiger partial charge < -0.3 is 9.75 Å². The van der Waals surface area contributed by atoms with Crippen LogP contribution in [0.1, 0.15) is 33.1 Å². The van der Waals surface area contributed by atoms with E-state index < -0.39 is 0 Å². The Bertz CT molecular complexity index is 225. The van der Waals surface area contributed by atoms with Gasteiger partial charge in [0.25, 0.3) is 0 Å². The van der Waals surface area contributed by atoms with Crippen LogP contribution in [-0.2, 0) is 4.74 Å². The fourth-order valence-corrected chi connectivity index (χ4v) is 2.03. The van der Waals surface area contributed by atoms with Crippen molar-refractivity contribution in [2.24, 2.45) is 5.84 Å². The van der Waals surface area contributed by atoms with Gasteiger partial charge in [0.2, 0.25) is 0 Å². The van der Waals surface area contributed by atoms with Gasteiger partial charge in [-0.1, -0.05) is 25.8 Å². The molecule has 0 atom stereocenters. The lowest BCUT2D eigenvalue weighted by Crippen LogP contribution is -2.42. The van der Waals surface area contributed by atoms with Gasteiger partial charge in [-0.3, -0.25) is 4.90 Å². The number of allylic oxidation sites excluding steroid dienone is 1. The summed E-state index contributed by atoms with van der Waals surface area (Å²) in [5.74, 6) is 6.00. The molecule has 4 nitrogen and oxygen atoms in total. The van der Waals surface area contributed by atoms with Crippen molar-refractivity contribution in [3.8, 4) is 0 Å². The first-order valence-electron chi connectivity index (χ1n) is 6.77. The molecule has 1 saturated heterocycles. The molecule has 1 aliphatic heterocycles. The molecule has 4 heteroatoms. The minimum atomic E-state index is 0.858. The number of rotatable bonds is 7. The summed E-state index contributed by atoms with van der Waals surface area (Å²) < 4.78 is 5.32. The largest absolute Gasteiger partial charge is 0.379 e. The molecule has 1 rings (SSSR count). The van der Waals surface area contributed by atoms with E-state index in [9.17, 15) is 0 Å². The summed E-state index contributed by atoms with van der Waals surface area (Å²) in [6.45, 7) is 10.1. The van der Waals surface area contributed by atoms with Gasteiger partial charge in [-0.25, -0.2) is 5.84 Å². The SMILES string of the molecule is CCC/C(=C\N(N)CCN1CCOCC1)CC. The number of hydrazine groups is 1. The average molecular weight is 241 g/mol. The minimum absolute atomic E-state index is 0.858. The molecule has 100 valence electrons. The molecule has 17 heavy (non-hydrogen) atoms. The van der Waals surface area contributed by atoms with Gasteiger partial charge in [0.05, 0.1) is 13.2 Å². The second-order valence-corrected chi connectivity index (χ2v) is 4.58. The Morgan fingerprint density at radius 3 is 2.65 bits per heavy atom. The van der Waals surface area contributed by atoms with Crippen molar-refractivity contribution < 1.29 is 4.74 Å². The normalized spacial score (nSPS) is 18.4. The highest BCUT2D eigenvalue weighted by Crippen LogP contribution is 2.09. The molecule has 0 amide bonds. The molecule has 0 aromatic carbocycles. The number of ether oxygens (including phenoxy) is 1. The van der Waals surface area contributed by atoms with Crippen molar-refractivity contribution in [1.29, 1.82) is 0 Å². The molecule has 0 aromatic heterocycles. The maximum atomic E-state index is 6.00. The third kappa shape index (κ3) is 6.05. The molecule has 1 heterocycles. The highest BCUT2D eigenvalue weighted by Gasteiger charge is 2.10. The summed E-state index contributed by atoms with van der Waals surface area (Å²) in [5, 5.41) is 1.84. The molecule has 1 aliphatic rings. The van der Waals surface area contributed by atoms with Crippen molar-refractivity contribution >= 4 is 0 Å². The number of morpholine rings is 1. The quantitative estimate of drug-likeness (QED) is 0.543. The maximum absolute atomic E-state index is 6.00. The maximum Gasteiger partial charge on any atom is 0.0594 e. The monoisotopic (exact) mass is 241 g/mol. The molecular formula is C13H27N3O. The van der Waals surface area contributed by atoms with E-state index in [-0.39, 0.29) is 0 Å². The van der Waals surface area contributed by atoms with Crippen LogP contribution in [0.25, 0.3) is 0 Å². The molecule has 0 aliphatic carbocycles. The minimum Gasteiger partial charge on any atom is -0.379 e. The van der Waals surface area contributed by atoms with E-state index in [1.807, 2.05) is 5.01 Å². The Morgan fingerprint density at radius 1 is 1.35 bits per heavy atom. The molecule has 0 spiro atoms. The number of nitrogens with zero attached hydrogens (tertiary/aromatic N) is 2. The van der Waals surface area contributed by atoms with Crippen LogP contribution in [0.2, 0.25) is 0 Å². The zero-order chi connectivity index (χ0) is 12.5. The van der Waals surface area contributed by atoms with Crippen molar-refractivity contribution in [3.63, 3.8) is 0 Å². The molecule has 1 fully saturated rings. The second-order valence-electron chi connectivity index (χ2n) is 4.58. The summed E-state index contributed by atoms with van der Waals surface area (Å²) in [5.41, 5.74) is 1.44. The number of nitrogens with two attached hydrogens (primary N) is 1. The van der Waals surface area contributed by atoms with E-state index in [0.29, 0.717) is 0 Å². The highest BCUT2D eigenvalue weighted by atomic mass is 16.5. The molecule has 0 unspecified atom stereocenters. The third-order valence-corrected chi connectivity index (χ3v) is 3.15. The van der Waals surface area contributed by atoms with Gasteiger partial charge in [-0.15, -0.1) is 0 Å². The van der Waals surface area contributed by atoms with Gasteiger partial charge in [-0.05, 0) is 12.8 Å². The lowest BCUT2D eigenvalue weighted by atomic mass is 10.1. The molecule has 0 bridgehead atoms. The van der Waals surface area contributed by atoms with Crippen LogP contribution < -0.4 is 5.84 Å². The summed E-state index contributed by atoms with van der Waals surface area (Å²) in [7, 11) is 0. The van der Waals surface area contributed by atoms with Crippen LogP contribution in [0.3, 0.4) is 0 Å². The first-order valence-corrected chi connectivity index (χ1v) is 6.77. The van der Waals surface area contributed by atoms with Crippen LogP contribution in [0.5, 0.6) is 0 Å². The second kappa shape index (κ2) is 8.50. The van der Waals surface area contributed by atoms with Gasteiger partial charge >= 0.3 is 0 Å². The Hall–Kier alpha value is -0.580. The molecule has 0 saturated carbocycles. The predicted octanol–water partition coefficient (Wildman–Crippen LogP) is 1.59. The fourth-order valence-electron chi connectivity index (χ4n) is 2.03. The predicted molar refractivity (Wildman–Crippen MR) is 71.4 cm³/mol. The van der Waals surface area contributed by atoms with Crippen molar-refractivity contribution in [2.45, 2.75) is 33.1 Å². The Morgan fingerprint density at radius 2 is 2.06 bits per heavy atom. The Labute approximate surface area is 105 Å². The summed E-state index contributed by atoms with van der Waals surface area (Å²) in [4.78, 5) is 2.41. The van der Waals surface area contributed by atoms with Crippen LogP contribution in [0.4, 0.5) is 0 Å². The Kier molecular flexibility index (Phi) is 7.24.